The zero-order chi connectivity index (χ0) is 28.1. The molecular weight excluding hydrogens is 539 g/mol. The van der Waals surface area contributed by atoms with Crippen molar-refractivity contribution in [3.05, 3.63) is 66.1 Å². The molecule has 1 aliphatic carbocycles. The maximum atomic E-state index is 13.3. The van der Waals surface area contributed by atoms with E-state index >= 15 is 0 Å². The first kappa shape index (κ1) is 27.8. The Morgan fingerprint density at radius 3 is 2.35 bits per heavy atom. The number of anilines is 3. The Morgan fingerprint density at radius 1 is 1.02 bits per heavy atom. The lowest BCUT2D eigenvalue weighted by Gasteiger charge is -2.26. The van der Waals surface area contributed by atoms with Gasteiger partial charge >= 0.3 is 0 Å². The number of carbonyl (C=O) groups excluding carboxylic acids is 1. The zero-order valence-electron chi connectivity index (χ0n) is 21.6. The van der Waals surface area contributed by atoms with Gasteiger partial charge in [-0.15, -0.1) is 0 Å². The Balaban J connectivity index is 1.37. The minimum Gasteiger partial charge on any atom is -0.393 e. The summed E-state index contributed by atoms with van der Waals surface area (Å²) in [4.78, 5) is 26.7. The van der Waals surface area contributed by atoms with Gasteiger partial charge in [0.15, 0.2) is 5.82 Å². The largest absolute Gasteiger partial charge is 0.393 e. The molecule has 2 aromatic carbocycles. The second kappa shape index (κ2) is 12.2. The van der Waals surface area contributed by atoms with Crippen molar-refractivity contribution in [1.82, 2.24) is 14.3 Å². The average molecular weight is 569 g/mol. The Bertz CT molecular complexity index is 1480. The van der Waals surface area contributed by atoms with E-state index in [0.717, 1.165) is 5.71 Å². The number of sulfonamides is 1. The van der Waals surface area contributed by atoms with Gasteiger partial charge in [0.1, 0.15) is 11.4 Å². The van der Waals surface area contributed by atoms with Crippen LogP contribution in [0, 0.1) is 5.82 Å². The fourth-order valence-electron chi connectivity index (χ4n) is 4.38. The normalized spacial score (nSPS) is 18.2. The molecule has 1 aliphatic heterocycles. The highest BCUT2D eigenvalue weighted by atomic mass is 32.2. The second-order valence-electron chi connectivity index (χ2n) is 9.47. The van der Waals surface area contributed by atoms with E-state index in [0.29, 0.717) is 50.3 Å². The number of hydrogen-bond acceptors (Lipinski definition) is 9. The van der Waals surface area contributed by atoms with Crippen molar-refractivity contribution in [3.8, 4) is 0 Å². The van der Waals surface area contributed by atoms with Crippen LogP contribution in [0.15, 0.2) is 64.6 Å². The summed E-state index contributed by atoms with van der Waals surface area (Å²) in [6.07, 6.45) is 3.27. The van der Waals surface area contributed by atoms with Crippen molar-refractivity contribution in [2.45, 2.75) is 36.7 Å². The second-order valence-corrected chi connectivity index (χ2v) is 11.4. The van der Waals surface area contributed by atoms with Gasteiger partial charge in [0.2, 0.25) is 16.0 Å². The summed E-state index contributed by atoms with van der Waals surface area (Å²) in [6, 6.07) is 11.6. The van der Waals surface area contributed by atoms with E-state index in [2.05, 4.69) is 25.6 Å². The van der Waals surface area contributed by atoms with Crippen molar-refractivity contribution in [1.29, 1.82) is 0 Å². The first-order chi connectivity index (χ1) is 19.3. The van der Waals surface area contributed by atoms with Gasteiger partial charge in [-0.1, -0.05) is 0 Å². The minimum atomic E-state index is -3.66. The number of nitrogens with one attached hydrogen (secondary N) is 2. The van der Waals surface area contributed by atoms with Crippen LogP contribution in [0.25, 0.3) is 0 Å². The molecule has 2 heterocycles. The SMILES string of the molecule is O=C(Nc1ccc(S(=O)(=O)N2CCOCC2)cc1)c1cnc(Nc2ccc(F)cc2)nc1N=C1CCC(O)CC1. The number of hydrogen-bond donors (Lipinski definition) is 3. The molecule has 2 fully saturated rings. The number of rotatable bonds is 7. The van der Waals surface area contributed by atoms with Crippen molar-refractivity contribution >= 4 is 44.8 Å². The molecule has 210 valence electrons. The standard InChI is InChI=1S/C27H29FN6O5S/c28-18-1-3-21(4-2-18)32-27-29-17-24(25(33-27)30-19-5-9-22(35)10-6-19)26(36)31-20-7-11-23(12-8-20)40(37,38)34-13-15-39-16-14-34/h1-4,7-8,11-12,17,22,35H,5-6,9-10,13-16H2,(H,31,36)(H,29,32,33). The van der Waals surface area contributed by atoms with Crippen molar-refractivity contribution in [2.24, 2.45) is 4.99 Å². The van der Waals surface area contributed by atoms with Gasteiger partial charge in [-0.2, -0.15) is 9.29 Å². The number of aliphatic hydroxyl groups excluding tert-OH is 1. The molecular formula is C27H29FN6O5S. The van der Waals surface area contributed by atoms with Crippen molar-refractivity contribution in [3.63, 3.8) is 0 Å². The third-order valence-corrected chi connectivity index (χ3v) is 8.54. The summed E-state index contributed by atoms with van der Waals surface area (Å²) in [5.74, 6) is -0.574. The highest BCUT2D eigenvalue weighted by Gasteiger charge is 2.26. The van der Waals surface area contributed by atoms with Crippen LogP contribution in [0.5, 0.6) is 0 Å². The maximum absolute atomic E-state index is 13.3. The number of aliphatic imine (C=N–C) groups is 1. The monoisotopic (exact) mass is 568 g/mol. The number of amides is 1. The Labute approximate surface area is 231 Å². The minimum absolute atomic E-state index is 0.119. The summed E-state index contributed by atoms with van der Waals surface area (Å²) >= 11 is 0. The lowest BCUT2D eigenvalue weighted by Crippen LogP contribution is -2.40. The smallest absolute Gasteiger partial charge is 0.261 e. The lowest BCUT2D eigenvalue weighted by atomic mass is 9.96. The molecule has 1 saturated carbocycles. The molecule has 0 unspecified atom stereocenters. The van der Waals surface area contributed by atoms with E-state index in [9.17, 15) is 22.7 Å². The van der Waals surface area contributed by atoms with E-state index in [1.165, 1.54) is 59.0 Å². The van der Waals surface area contributed by atoms with Gasteiger partial charge in [-0.25, -0.2) is 22.8 Å². The summed E-state index contributed by atoms with van der Waals surface area (Å²) in [6.45, 7) is 1.27. The van der Waals surface area contributed by atoms with E-state index in [4.69, 9.17) is 4.74 Å². The van der Waals surface area contributed by atoms with Gasteiger partial charge in [0, 0.05) is 36.4 Å². The predicted molar refractivity (Wildman–Crippen MR) is 147 cm³/mol. The van der Waals surface area contributed by atoms with Crippen LogP contribution in [-0.2, 0) is 14.8 Å². The van der Waals surface area contributed by atoms with Crippen LogP contribution in [0.3, 0.4) is 0 Å². The molecule has 0 spiro atoms. The number of aromatic nitrogens is 2. The van der Waals surface area contributed by atoms with Crippen LogP contribution in [0.2, 0.25) is 0 Å². The van der Waals surface area contributed by atoms with E-state index in [-0.39, 0.29) is 47.2 Å². The number of morpholine rings is 1. The summed E-state index contributed by atoms with van der Waals surface area (Å²) in [7, 11) is -3.66. The molecule has 0 radical (unpaired) electrons. The fourth-order valence-corrected chi connectivity index (χ4v) is 5.79. The lowest BCUT2D eigenvalue weighted by molar-refractivity contribution is 0.0730. The van der Waals surface area contributed by atoms with E-state index in [1.54, 1.807) is 0 Å². The van der Waals surface area contributed by atoms with Crippen molar-refractivity contribution < 1.29 is 27.4 Å². The van der Waals surface area contributed by atoms with Crippen LogP contribution < -0.4 is 10.6 Å². The number of aliphatic hydroxyl groups is 1. The molecule has 0 bridgehead atoms. The molecule has 11 nitrogen and oxygen atoms in total. The van der Waals surface area contributed by atoms with Gasteiger partial charge < -0.3 is 20.5 Å². The molecule has 2 aliphatic rings. The van der Waals surface area contributed by atoms with Crippen LogP contribution in [0.4, 0.5) is 27.5 Å². The molecule has 13 heteroatoms. The fraction of sp³-hybridized carbons (Fsp3) is 0.333. The Kier molecular flexibility index (Phi) is 8.45. The number of carbonyl (C=O) groups is 1. The summed E-state index contributed by atoms with van der Waals surface area (Å²) in [5, 5.41) is 15.6. The topological polar surface area (TPSA) is 146 Å². The van der Waals surface area contributed by atoms with Gasteiger partial charge in [0.05, 0.1) is 24.2 Å². The Morgan fingerprint density at radius 2 is 1.68 bits per heavy atom. The molecule has 1 amide bonds. The third-order valence-electron chi connectivity index (χ3n) is 6.63. The molecule has 40 heavy (non-hydrogen) atoms. The number of ether oxygens (including phenoxy) is 1. The Hall–Kier alpha value is -3.78. The number of halogens is 1. The zero-order valence-corrected chi connectivity index (χ0v) is 22.4. The molecule has 1 saturated heterocycles. The number of benzene rings is 2. The molecule has 0 atom stereocenters. The van der Waals surface area contributed by atoms with Crippen LogP contribution >= 0.6 is 0 Å². The molecule has 3 N–H and O–H groups in total. The van der Waals surface area contributed by atoms with Crippen LogP contribution in [0.1, 0.15) is 36.0 Å². The molecule has 5 rings (SSSR count). The van der Waals surface area contributed by atoms with Crippen molar-refractivity contribution in [2.75, 3.05) is 36.9 Å². The van der Waals surface area contributed by atoms with E-state index < -0.39 is 15.9 Å². The van der Waals surface area contributed by atoms with E-state index in [1.807, 2.05) is 0 Å². The molecule has 3 aromatic rings. The highest BCUT2D eigenvalue weighted by molar-refractivity contribution is 7.89. The summed E-state index contributed by atoms with van der Waals surface area (Å²) in [5.41, 5.74) is 1.88. The maximum Gasteiger partial charge on any atom is 0.261 e. The first-order valence-corrected chi connectivity index (χ1v) is 14.4. The highest BCUT2D eigenvalue weighted by Crippen LogP contribution is 2.26. The first-order valence-electron chi connectivity index (χ1n) is 12.9. The average Bonchev–Trinajstić information content (AvgIpc) is 2.96. The number of nitrogens with zero attached hydrogens (tertiary/aromatic N) is 4. The predicted octanol–water partition coefficient (Wildman–Crippen LogP) is 3.64. The summed E-state index contributed by atoms with van der Waals surface area (Å²) < 4.78 is 45.7. The quantitative estimate of drug-likeness (QED) is 0.392. The molecule has 1 aromatic heterocycles. The van der Waals surface area contributed by atoms with Crippen LogP contribution in [-0.4, -0.2) is 71.8 Å². The van der Waals surface area contributed by atoms with Gasteiger partial charge in [-0.3, -0.25) is 4.79 Å². The third kappa shape index (κ3) is 6.67. The van der Waals surface area contributed by atoms with Gasteiger partial charge in [0.25, 0.3) is 5.91 Å². The van der Waals surface area contributed by atoms with Gasteiger partial charge in [-0.05, 0) is 74.2 Å².